The maximum absolute atomic E-state index is 11.9. The van der Waals surface area contributed by atoms with Crippen LogP contribution in [0.4, 0.5) is 0 Å². The first-order chi connectivity index (χ1) is 7.65. The second kappa shape index (κ2) is 6.05. The van der Waals surface area contributed by atoms with Crippen molar-refractivity contribution >= 4 is 11.9 Å². The molecular formula is C13H18N2O. The van der Waals surface area contributed by atoms with Crippen molar-refractivity contribution in [2.24, 2.45) is 0 Å². The van der Waals surface area contributed by atoms with Crippen LogP contribution in [-0.2, 0) is 4.79 Å². The van der Waals surface area contributed by atoms with E-state index in [2.05, 4.69) is 4.98 Å². The number of aromatic nitrogens is 1. The summed E-state index contributed by atoms with van der Waals surface area (Å²) >= 11 is 0. The van der Waals surface area contributed by atoms with Crippen molar-refractivity contribution in [3.8, 4) is 0 Å². The van der Waals surface area contributed by atoms with Gasteiger partial charge in [0.2, 0.25) is 0 Å². The molecule has 16 heavy (non-hydrogen) atoms. The first kappa shape index (κ1) is 12.4. The molecule has 0 unspecified atom stereocenters. The maximum Gasteiger partial charge on any atom is 0.178 e. The number of nitrogens with zero attached hydrogens (tertiary/aromatic N) is 2. The van der Waals surface area contributed by atoms with Crippen molar-refractivity contribution in [2.45, 2.75) is 19.8 Å². The summed E-state index contributed by atoms with van der Waals surface area (Å²) in [6.07, 6.45) is 6.82. The molecule has 0 N–H and O–H groups in total. The minimum absolute atomic E-state index is 0.185. The fraction of sp³-hybridized carbons (Fsp3) is 0.385. The van der Waals surface area contributed by atoms with Crippen molar-refractivity contribution in [1.82, 2.24) is 9.88 Å². The van der Waals surface area contributed by atoms with Crippen molar-refractivity contribution < 1.29 is 4.79 Å². The zero-order valence-electron chi connectivity index (χ0n) is 10.1. The molecule has 0 bridgehead atoms. The van der Waals surface area contributed by atoms with Gasteiger partial charge in [-0.3, -0.25) is 9.78 Å². The summed E-state index contributed by atoms with van der Waals surface area (Å²) in [6, 6.07) is 3.78. The number of hydrogen-bond acceptors (Lipinski definition) is 3. The Labute approximate surface area is 96.8 Å². The Balaban J connectivity index is 2.94. The van der Waals surface area contributed by atoms with Gasteiger partial charge in [-0.1, -0.05) is 6.92 Å². The van der Waals surface area contributed by atoms with E-state index in [9.17, 15) is 4.79 Å². The highest BCUT2D eigenvalue weighted by Gasteiger charge is 2.10. The fourth-order valence-electron chi connectivity index (χ4n) is 1.43. The molecule has 0 aliphatic heterocycles. The summed E-state index contributed by atoms with van der Waals surface area (Å²) in [6.45, 7) is 2.01. The summed E-state index contributed by atoms with van der Waals surface area (Å²) in [5.74, 6) is 0.185. The van der Waals surface area contributed by atoms with Crippen molar-refractivity contribution in [2.75, 3.05) is 14.1 Å². The number of ketones is 1. The number of rotatable bonds is 5. The van der Waals surface area contributed by atoms with Crippen LogP contribution < -0.4 is 0 Å². The zero-order valence-corrected chi connectivity index (χ0v) is 10.1. The Morgan fingerprint density at radius 2 is 2.00 bits per heavy atom. The normalized spacial score (nSPS) is 11.3. The van der Waals surface area contributed by atoms with Gasteiger partial charge in [0.15, 0.2) is 5.78 Å². The first-order valence-corrected chi connectivity index (χ1v) is 5.47. The van der Waals surface area contributed by atoms with Crippen molar-refractivity contribution in [3.63, 3.8) is 0 Å². The molecule has 0 amide bonds. The molecule has 0 radical (unpaired) electrons. The summed E-state index contributed by atoms with van der Waals surface area (Å²) in [5, 5.41) is 0. The predicted octanol–water partition coefficient (Wildman–Crippen LogP) is 2.35. The van der Waals surface area contributed by atoms with Gasteiger partial charge in [-0.05, 0) is 30.2 Å². The summed E-state index contributed by atoms with van der Waals surface area (Å²) in [4.78, 5) is 17.7. The van der Waals surface area contributed by atoms with E-state index in [1.54, 1.807) is 12.4 Å². The number of pyridine rings is 1. The number of hydrogen-bond donors (Lipinski definition) is 0. The minimum Gasteiger partial charge on any atom is -0.375 e. The van der Waals surface area contributed by atoms with Gasteiger partial charge in [0.25, 0.3) is 0 Å². The standard InChI is InChI=1S/C13H18N2O/c1-4-5-13(16)12(15(2)3)10-11-6-8-14-9-7-11/h6-10H,4-5H2,1-3H3/b12-10-. The summed E-state index contributed by atoms with van der Waals surface area (Å²) in [5.41, 5.74) is 1.75. The van der Waals surface area contributed by atoms with Crippen LogP contribution >= 0.6 is 0 Å². The van der Waals surface area contributed by atoms with Gasteiger partial charge in [0.05, 0.1) is 5.70 Å². The number of Topliss-reactive ketones (excluding diaryl/α,β-unsaturated/α-hetero) is 1. The molecule has 0 aliphatic carbocycles. The molecule has 1 heterocycles. The second-order valence-electron chi connectivity index (χ2n) is 3.88. The van der Waals surface area contributed by atoms with Gasteiger partial charge >= 0.3 is 0 Å². The third-order valence-corrected chi connectivity index (χ3v) is 2.25. The number of likely N-dealkylation sites (N-methyl/N-ethyl adjacent to an activating group) is 1. The smallest absolute Gasteiger partial charge is 0.178 e. The van der Waals surface area contributed by atoms with E-state index in [0.717, 1.165) is 17.7 Å². The maximum atomic E-state index is 11.9. The molecule has 0 saturated carbocycles. The van der Waals surface area contributed by atoms with Crippen LogP contribution in [-0.4, -0.2) is 29.8 Å². The Morgan fingerprint density at radius 1 is 1.38 bits per heavy atom. The molecule has 0 atom stereocenters. The molecule has 3 heteroatoms. The Morgan fingerprint density at radius 3 is 2.50 bits per heavy atom. The van der Waals surface area contributed by atoms with Crippen LogP contribution in [0.15, 0.2) is 30.2 Å². The van der Waals surface area contributed by atoms with E-state index in [0.29, 0.717) is 6.42 Å². The highest BCUT2D eigenvalue weighted by molar-refractivity contribution is 5.98. The number of carbonyl (C=O) groups is 1. The first-order valence-electron chi connectivity index (χ1n) is 5.47. The lowest BCUT2D eigenvalue weighted by Gasteiger charge is -2.15. The number of allylic oxidation sites excluding steroid dienone is 1. The van der Waals surface area contributed by atoms with E-state index in [4.69, 9.17) is 0 Å². The quantitative estimate of drug-likeness (QED) is 0.711. The predicted molar refractivity (Wildman–Crippen MR) is 65.8 cm³/mol. The average Bonchev–Trinajstić information content (AvgIpc) is 2.27. The number of carbonyl (C=O) groups excluding carboxylic acids is 1. The van der Waals surface area contributed by atoms with Crippen LogP contribution in [0.25, 0.3) is 6.08 Å². The Bertz CT molecular complexity index is 369. The molecular weight excluding hydrogens is 200 g/mol. The summed E-state index contributed by atoms with van der Waals surface area (Å²) < 4.78 is 0. The van der Waals surface area contributed by atoms with Crippen LogP contribution in [0.2, 0.25) is 0 Å². The second-order valence-corrected chi connectivity index (χ2v) is 3.88. The van der Waals surface area contributed by atoms with Gasteiger partial charge in [-0.2, -0.15) is 0 Å². The SMILES string of the molecule is CCCC(=O)/C(=C/c1ccncc1)N(C)C. The van der Waals surface area contributed by atoms with E-state index in [1.807, 2.05) is 44.1 Å². The molecule has 0 saturated heterocycles. The van der Waals surface area contributed by atoms with Crippen LogP contribution in [0.3, 0.4) is 0 Å². The van der Waals surface area contributed by atoms with Gasteiger partial charge < -0.3 is 4.90 Å². The van der Waals surface area contributed by atoms with Gasteiger partial charge in [-0.25, -0.2) is 0 Å². The molecule has 1 rings (SSSR count). The molecule has 0 aromatic carbocycles. The third kappa shape index (κ3) is 3.50. The monoisotopic (exact) mass is 218 g/mol. The lowest BCUT2D eigenvalue weighted by atomic mass is 10.1. The molecule has 0 aliphatic rings. The van der Waals surface area contributed by atoms with Crippen LogP contribution in [0.1, 0.15) is 25.3 Å². The van der Waals surface area contributed by atoms with Crippen molar-refractivity contribution in [1.29, 1.82) is 0 Å². The lowest BCUT2D eigenvalue weighted by molar-refractivity contribution is -0.116. The topological polar surface area (TPSA) is 33.2 Å². The van der Waals surface area contributed by atoms with E-state index >= 15 is 0 Å². The van der Waals surface area contributed by atoms with Crippen LogP contribution in [0, 0.1) is 0 Å². The summed E-state index contributed by atoms with van der Waals surface area (Å²) in [7, 11) is 3.78. The highest BCUT2D eigenvalue weighted by Crippen LogP contribution is 2.11. The van der Waals surface area contributed by atoms with E-state index in [1.165, 1.54) is 0 Å². The zero-order chi connectivity index (χ0) is 12.0. The van der Waals surface area contributed by atoms with Gasteiger partial charge in [-0.15, -0.1) is 0 Å². The molecule has 1 aromatic rings. The minimum atomic E-state index is 0.185. The van der Waals surface area contributed by atoms with Crippen molar-refractivity contribution in [3.05, 3.63) is 35.8 Å². The molecule has 3 nitrogen and oxygen atoms in total. The molecule has 1 aromatic heterocycles. The van der Waals surface area contributed by atoms with E-state index < -0.39 is 0 Å². The van der Waals surface area contributed by atoms with Gasteiger partial charge in [0.1, 0.15) is 0 Å². The fourth-order valence-corrected chi connectivity index (χ4v) is 1.43. The molecule has 86 valence electrons. The Kier molecular flexibility index (Phi) is 4.70. The Hall–Kier alpha value is -1.64. The largest absolute Gasteiger partial charge is 0.375 e. The molecule has 0 fully saturated rings. The van der Waals surface area contributed by atoms with E-state index in [-0.39, 0.29) is 5.78 Å². The van der Waals surface area contributed by atoms with Crippen LogP contribution in [0.5, 0.6) is 0 Å². The average molecular weight is 218 g/mol. The highest BCUT2D eigenvalue weighted by atomic mass is 16.1. The lowest BCUT2D eigenvalue weighted by Crippen LogP contribution is -2.18. The van der Waals surface area contributed by atoms with Gasteiger partial charge in [0, 0.05) is 32.9 Å². The third-order valence-electron chi connectivity index (χ3n) is 2.25. The molecule has 0 spiro atoms.